The minimum Gasteiger partial charge on any atom is -0.366 e. The first kappa shape index (κ1) is 24.7. The van der Waals surface area contributed by atoms with Crippen LogP contribution in [0.1, 0.15) is 21.5 Å². The van der Waals surface area contributed by atoms with Gasteiger partial charge in [-0.05, 0) is 65.9 Å². The monoisotopic (exact) mass is 588 g/mol. The summed E-state index contributed by atoms with van der Waals surface area (Å²) in [5.74, 6) is -4.79. The molecule has 172 valence electrons. The van der Waals surface area contributed by atoms with Crippen molar-refractivity contribution in [2.45, 2.75) is 6.92 Å². The van der Waals surface area contributed by atoms with Crippen molar-refractivity contribution < 1.29 is 26.7 Å². The van der Waals surface area contributed by atoms with Gasteiger partial charge in [-0.2, -0.15) is 9.52 Å². The molecule has 1 atom stereocenters. The maximum atomic E-state index is 14.9. The van der Waals surface area contributed by atoms with E-state index in [0.717, 1.165) is 23.9 Å². The molecule has 3 rings (SSSR count). The number of halogens is 4. The van der Waals surface area contributed by atoms with Crippen LogP contribution in [0, 0.1) is 27.9 Å². The van der Waals surface area contributed by atoms with Gasteiger partial charge in [0.05, 0.1) is 28.8 Å². The summed E-state index contributed by atoms with van der Waals surface area (Å²) in [6.07, 6.45) is 0.772. The number of nitrogens with zero attached hydrogens (tertiary/aromatic N) is 2. The number of rotatable bonds is 7. The number of nitrogens with one attached hydrogen (secondary N) is 1. The topological polar surface area (TPSA) is 108 Å². The van der Waals surface area contributed by atoms with Gasteiger partial charge in [0.1, 0.15) is 5.82 Å². The van der Waals surface area contributed by atoms with Crippen molar-refractivity contribution >= 4 is 63.0 Å². The summed E-state index contributed by atoms with van der Waals surface area (Å²) in [7, 11) is 0. The molecule has 3 aromatic rings. The quantitative estimate of drug-likeness (QED) is 0.159. The zero-order valence-electron chi connectivity index (χ0n) is 16.9. The Labute approximate surface area is 203 Å². The van der Waals surface area contributed by atoms with E-state index >= 15 is 0 Å². The third kappa shape index (κ3) is 5.69. The summed E-state index contributed by atoms with van der Waals surface area (Å²) >= 11 is -0.746. The van der Waals surface area contributed by atoms with Gasteiger partial charge >= 0.3 is 0 Å². The van der Waals surface area contributed by atoms with E-state index in [1.54, 1.807) is 12.1 Å². The zero-order chi connectivity index (χ0) is 24.3. The van der Waals surface area contributed by atoms with Crippen LogP contribution >= 0.6 is 22.6 Å². The molecule has 7 nitrogen and oxygen atoms in total. The Bertz CT molecular complexity index is 1270. The fourth-order valence-electron chi connectivity index (χ4n) is 2.77. The molecule has 12 heteroatoms. The Hall–Kier alpha value is -2.97. The summed E-state index contributed by atoms with van der Waals surface area (Å²) in [6.45, 7) is 1.81. The van der Waals surface area contributed by atoms with Crippen molar-refractivity contribution in [3.05, 3.63) is 86.2 Å². The Balaban J connectivity index is 2.03. The number of benzene rings is 3. The van der Waals surface area contributed by atoms with Crippen LogP contribution in [0.25, 0.3) is 0 Å². The summed E-state index contributed by atoms with van der Waals surface area (Å²) < 4.78 is 66.3. The van der Waals surface area contributed by atoms with E-state index in [9.17, 15) is 26.7 Å². The van der Waals surface area contributed by atoms with Gasteiger partial charge in [0, 0.05) is 9.13 Å². The fourth-order valence-corrected chi connectivity index (χ4v) is 3.65. The molecule has 0 spiro atoms. The number of aryl methyl sites for hydroxylation is 1. The van der Waals surface area contributed by atoms with Gasteiger partial charge in [-0.25, -0.2) is 17.4 Å². The first-order chi connectivity index (χ1) is 15.6. The average molecular weight is 588 g/mol. The largest absolute Gasteiger partial charge is 0.366 e. The van der Waals surface area contributed by atoms with Crippen LogP contribution in [0.3, 0.4) is 0 Å². The molecule has 0 aliphatic rings. The van der Waals surface area contributed by atoms with Crippen LogP contribution in [-0.4, -0.2) is 20.9 Å². The van der Waals surface area contributed by atoms with E-state index in [1.807, 2.05) is 29.5 Å². The molecular formula is C21H16F3IN4O3S. The molecule has 3 aromatic carbocycles. The highest BCUT2D eigenvalue weighted by Crippen LogP contribution is 2.30. The maximum absolute atomic E-state index is 14.9. The van der Waals surface area contributed by atoms with Gasteiger partial charge in [0.25, 0.3) is 17.2 Å². The van der Waals surface area contributed by atoms with Gasteiger partial charge in [-0.1, -0.05) is 17.7 Å². The normalized spacial score (nSPS) is 12.1. The molecule has 0 radical (unpaired) electrons. The van der Waals surface area contributed by atoms with Crippen LogP contribution in [0.2, 0.25) is 0 Å². The molecule has 0 saturated carbocycles. The lowest BCUT2D eigenvalue weighted by Crippen LogP contribution is -2.20. The van der Waals surface area contributed by atoms with Crippen LogP contribution in [0.15, 0.2) is 53.6 Å². The van der Waals surface area contributed by atoms with Crippen LogP contribution < -0.4 is 15.5 Å². The molecule has 0 aromatic heterocycles. The highest BCUT2D eigenvalue weighted by atomic mass is 127. The van der Waals surface area contributed by atoms with Gasteiger partial charge in [-0.15, -0.1) is 0 Å². The van der Waals surface area contributed by atoms with Gasteiger partial charge < -0.3 is 11.1 Å². The Morgan fingerprint density at radius 3 is 2.39 bits per heavy atom. The Morgan fingerprint density at radius 2 is 1.82 bits per heavy atom. The van der Waals surface area contributed by atoms with Gasteiger partial charge in [0.15, 0.2) is 11.6 Å². The number of primary amides is 1. The number of nitrogens with two attached hydrogens (primary N) is 1. The van der Waals surface area contributed by atoms with Gasteiger partial charge in [-0.3, -0.25) is 9.35 Å². The molecule has 4 N–H and O–H groups in total. The summed E-state index contributed by atoms with van der Waals surface area (Å²) in [6, 6.07) is 11.2. The first-order valence-corrected chi connectivity index (χ1v) is 11.3. The molecule has 1 amide bonds. The number of hydrazone groups is 1. The molecule has 0 saturated heterocycles. The second-order valence-electron chi connectivity index (χ2n) is 6.71. The smallest absolute Gasteiger partial charge is 0.283 e. The molecule has 0 fully saturated rings. The second-order valence-corrected chi connectivity index (χ2v) is 8.77. The molecule has 33 heavy (non-hydrogen) atoms. The molecule has 0 bridgehead atoms. The standard InChI is InChI=1S/C21H16F3IN4O3S/c1-11-2-5-14(6-3-11)29(33(31)32)27-10-12-8-15(21(26)30)20(19(24)18(12)23)28-17-7-4-13(25)9-16(17)22/h2-10,28H,1H3,(H2,26,30)(H,31,32)/b27-10+. The average Bonchev–Trinajstić information content (AvgIpc) is 2.75. The van der Waals surface area contributed by atoms with Crippen molar-refractivity contribution in [3.63, 3.8) is 0 Å². The van der Waals surface area contributed by atoms with Crippen LogP contribution in [-0.2, 0) is 11.3 Å². The Morgan fingerprint density at radius 1 is 1.15 bits per heavy atom. The maximum Gasteiger partial charge on any atom is 0.283 e. The second kappa shape index (κ2) is 10.3. The SMILES string of the molecule is Cc1ccc(N(/N=C/c2cc(C(N)=O)c(Nc3ccc(I)cc3F)c(F)c2F)S(=O)O)cc1. The lowest BCUT2D eigenvalue weighted by molar-refractivity contribution is 0.100. The minimum atomic E-state index is -2.62. The summed E-state index contributed by atoms with van der Waals surface area (Å²) in [5.41, 5.74) is 4.58. The van der Waals surface area contributed by atoms with E-state index in [2.05, 4.69) is 10.4 Å². The van der Waals surface area contributed by atoms with E-state index in [1.165, 1.54) is 24.3 Å². The van der Waals surface area contributed by atoms with Crippen LogP contribution in [0.4, 0.5) is 30.2 Å². The zero-order valence-corrected chi connectivity index (χ0v) is 19.8. The van der Waals surface area contributed by atoms with Gasteiger partial charge in [0.2, 0.25) is 0 Å². The number of hydrogen-bond donors (Lipinski definition) is 3. The minimum absolute atomic E-state index is 0.196. The molecule has 0 aliphatic heterocycles. The summed E-state index contributed by atoms with van der Waals surface area (Å²) in [4.78, 5) is 11.9. The number of anilines is 3. The highest BCUT2D eigenvalue weighted by molar-refractivity contribution is 14.1. The highest BCUT2D eigenvalue weighted by Gasteiger charge is 2.22. The van der Waals surface area contributed by atoms with E-state index in [4.69, 9.17) is 5.73 Å². The lowest BCUT2D eigenvalue weighted by atomic mass is 10.1. The summed E-state index contributed by atoms with van der Waals surface area (Å²) in [5, 5.41) is 6.11. The van der Waals surface area contributed by atoms with Crippen molar-refractivity contribution in [1.29, 1.82) is 0 Å². The predicted molar refractivity (Wildman–Crippen MR) is 129 cm³/mol. The molecule has 0 heterocycles. The fraction of sp³-hybridized carbons (Fsp3) is 0.0476. The van der Waals surface area contributed by atoms with Crippen molar-refractivity contribution in [3.8, 4) is 0 Å². The van der Waals surface area contributed by atoms with Crippen molar-refractivity contribution in [2.75, 3.05) is 9.73 Å². The molecule has 1 unspecified atom stereocenters. The van der Waals surface area contributed by atoms with E-state index in [-0.39, 0.29) is 11.4 Å². The van der Waals surface area contributed by atoms with Crippen LogP contribution in [0.5, 0.6) is 0 Å². The number of amides is 1. The number of hydrogen-bond acceptors (Lipinski definition) is 4. The lowest BCUT2D eigenvalue weighted by Gasteiger charge is -2.15. The van der Waals surface area contributed by atoms with Crippen molar-refractivity contribution in [1.82, 2.24) is 0 Å². The van der Waals surface area contributed by atoms with E-state index < -0.39 is 51.4 Å². The third-order valence-electron chi connectivity index (χ3n) is 4.40. The third-order valence-corrected chi connectivity index (χ3v) is 5.67. The Kier molecular flexibility index (Phi) is 7.71. The van der Waals surface area contributed by atoms with E-state index in [0.29, 0.717) is 7.98 Å². The predicted octanol–water partition coefficient (Wildman–Crippen LogP) is 4.84. The molecular weight excluding hydrogens is 572 g/mol. The first-order valence-electron chi connectivity index (χ1n) is 9.14. The number of carbonyl (C=O) groups is 1. The molecule has 0 aliphatic carbocycles. The van der Waals surface area contributed by atoms with Crippen molar-refractivity contribution in [2.24, 2.45) is 10.8 Å². The number of carbonyl (C=O) groups excluding carboxylic acids is 1.